The molecule has 1 N–H and O–H groups in total. The van der Waals surface area contributed by atoms with Crippen LogP contribution in [0.4, 0.5) is 0 Å². The van der Waals surface area contributed by atoms with Gasteiger partial charge in [-0.05, 0) is 51.0 Å². The van der Waals surface area contributed by atoms with Gasteiger partial charge in [-0.2, -0.15) is 0 Å². The van der Waals surface area contributed by atoms with Gasteiger partial charge in [0.1, 0.15) is 12.0 Å². The van der Waals surface area contributed by atoms with E-state index in [4.69, 9.17) is 18.6 Å². The first-order valence-corrected chi connectivity index (χ1v) is 10.9. The summed E-state index contributed by atoms with van der Waals surface area (Å²) >= 11 is 0. The Hall–Kier alpha value is -2.91. The first-order valence-electron chi connectivity index (χ1n) is 10.9. The van der Waals surface area contributed by atoms with E-state index in [1.807, 2.05) is 13.8 Å². The van der Waals surface area contributed by atoms with Crippen LogP contribution in [0.25, 0.3) is 0 Å². The maximum Gasteiger partial charge on any atom is 0.273 e. The predicted octanol–water partition coefficient (Wildman–Crippen LogP) is 2.91. The second-order valence-electron chi connectivity index (χ2n) is 6.94. The van der Waals surface area contributed by atoms with E-state index < -0.39 is 0 Å². The Morgan fingerprint density at radius 3 is 2.41 bits per heavy atom. The average molecular weight is 448 g/mol. The number of ether oxygens (including phenoxy) is 3. The van der Waals surface area contributed by atoms with Gasteiger partial charge in [0.2, 0.25) is 5.89 Å². The molecule has 0 radical (unpaired) electrons. The van der Waals surface area contributed by atoms with Crippen molar-refractivity contribution in [3.63, 3.8) is 0 Å². The number of methoxy groups -OCH3 is 1. The van der Waals surface area contributed by atoms with Crippen LogP contribution in [0.15, 0.2) is 34.9 Å². The molecule has 0 spiro atoms. The Bertz CT molecular complexity index is 821. The summed E-state index contributed by atoms with van der Waals surface area (Å²) < 4.78 is 21.3. The Labute approximate surface area is 189 Å². The van der Waals surface area contributed by atoms with E-state index in [0.29, 0.717) is 69.6 Å². The van der Waals surface area contributed by atoms with Gasteiger partial charge in [0, 0.05) is 45.1 Å². The fourth-order valence-corrected chi connectivity index (χ4v) is 2.93. The number of rotatable bonds is 15. The Morgan fingerprint density at radius 1 is 1.06 bits per heavy atom. The van der Waals surface area contributed by atoms with Crippen LogP contribution in [0, 0.1) is 0 Å². The van der Waals surface area contributed by atoms with E-state index in [-0.39, 0.29) is 24.1 Å². The second kappa shape index (κ2) is 14.2. The number of nitrogens with zero attached hydrogens (tertiary/aromatic N) is 2. The van der Waals surface area contributed by atoms with Gasteiger partial charge in [-0.25, -0.2) is 4.98 Å². The van der Waals surface area contributed by atoms with Gasteiger partial charge in [0.15, 0.2) is 5.69 Å². The van der Waals surface area contributed by atoms with Crippen molar-refractivity contribution in [3.8, 4) is 5.75 Å². The van der Waals surface area contributed by atoms with E-state index in [0.717, 1.165) is 0 Å². The number of oxazole rings is 1. The summed E-state index contributed by atoms with van der Waals surface area (Å²) in [7, 11) is 1.58. The summed E-state index contributed by atoms with van der Waals surface area (Å²) in [5, 5.41) is 2.78. The summed E-state index contributed by atoms with van der Waals surface area (Å²) in [5.74, 6) is 0.488. The number of amides is 2. The van der Waals surface area contributed by atoms with E-state index in [2.05, 4.69) is 10.3 Å². The van der Waals surface area contributed by atoms with Crippen molar-refractivity contribution in [2.24, 2.45) is 0 Å². The topological polar surface area (TPSA) is 103 Å². The van der Waals surface area contributed by atoms with Crippen LogP contribution in [0.5, 0.6) is 5.75 Å². The minimum atomic E-state index is -0.319. The molecular formula is C23H33N3O6. The number of benzene rings is 1. The van der Waals surface area contributed by atoms with Gasteiger partial charge in [-0.1, -0.05) is 0 Å². The molecule has 176 valence electrons. The molecule has 0 aliphatic rings. The Morgan fingerprint density at radius 2 is 1.75 bits per heavy atom. The molecule has 1 heterocycles. The Kier molecular flexibility index (Phi) is 11.3. The highest BCUT2D eigenvalue weighted by atomic mass is 16.5. The molecule has 0 aliphatic heterocycles. The quantitative estimate of drug-likeness (QED) is 0.419. The first-order chi connectivity index (χ1) is 15.6. The maximum absolute atomic E-state index is 13.1. The lowest BCUT2D eigenvalue weighted by molar-refractivity contribution is 0.0695. The van der Waals surface area contributed by atoms with Crippen molar-refractivity contribution in [1.29, 1.82) is 0 Å². The molecule has 0 aliphatic carbocycles. The average Bonchev–Trinajstić information content (AvgIpc) is 3.29. The molecule has 0 saturated heterocycles. The third-order valence-electron chi connectivity index (χ3n) is 4.61. The second-order valence-corrected chi connectivity index (χ2v) is 6.94. The largest absolute Gasteiger partial charge is 0.497 e. The fraction of sp³-hybridized carbons (Fsp3) is 0.522. The summed E-state index contributed by atoms with van der Waals surface area (Å²) in [4.78, 5) is 31.2. The zero-order valence-corrected chi connectivity index (χ0v) is 19.1. The van der Waals surface area contributed by atoms with Crippen LogP contribution in [0.3, 0.4) is 0 Å². The van der Waals surface area contributed by atoms with Crippen molar-refractivity contribution < 1.29 is 28.2 Å². The normalized spacial score (nSPS) is 10.7. The molecule has 1 aromatic heterocycles. The zero-order valence-electron chi connectivity index (χ0n) is 19.1. The maximum atomic E-state index is 13.1. The molecule has 0 bridgehead atoms. The number of nitrogens with one attached hydrogen (secondary N) is 1. The van der Waals surface area contributed by atoms with Crippen molar-refractivity contribution in [3.05, 3.63) is 47.7 Å². The van der Waals surface area contributed by atoms with Crippen molar-refractivity contribution in [1.82, 2.24) is 15.2 Å². The molecule has 0 atom stereocenters. The third-order valence-corrected chi connectivity index (χ3v) is 4.61. The molecule has 9 heteroatoms. The van der Waals surface area contributed by atoms with Crippen LogP contribution >= 0.6 is 0 Å². The molecule has 0 unspecified atom stereocenters. The van der Waals surface area contributed by atoms with Crippen LogP contribution < -0.4 is 10.1 Å². The highest BCUT2D eigenvalue weighted by Gasteiger charge is 2.20. The molecule has 1 aromatic carbocycles. The van der Waals surface area contributed by atoms with Crippen molar-refractivity contribution >= 4 is 11.8 Å². The summed E-state index contributed by atoms with van der Waals surface area (Å²) in [6.07, 6.45) is 2.70. The number of carbonyl (C=O) groups is 2. The lowest BCUT2D eigenvalue weighted by Gasteiger charge is -2.21. The van der Waals surface area contributed by atoms with Gasteiger partial charge >= 0.3 is 0 Å². The number of carbonyl (C=O) groups excluding carboxylic acids is 2. The number of aromatic nitrogens is 1. The molecule has 2 rings (SSSR count). The van der Waals surface area contributed by atoms with Gasteiger partial charge in [0.05, 0.1) is 13.7 Å². The molecule has 0 saturated carbocycles. The van der Waals surface area contributed by atoms with E-state index in [1.165, 1.54) is 6.26 Å². The minimum Gasteiger partial charge on any atom is -0.497 e. The number of hydrogen-bond donors (Lipinski definition) is 1. The van der Waals surface area contributed by atoms with E-state index >= 15 is 0 Å². The standard InChI is InChI=1S/C23H33N3O6/c1-4-30-14-6-12-24-22(27)20-17-32-21(25-20)16-26(13-7-15-31-5-2)23(28)18-8-10-19(29-3)11-9-18/h8-11,17H,4-7,12-16H2,1-3H3,(H,24,27). The zero-order chi connectivity index (χ0) is 23.2. The van der Waals surface area contributed by atoms with Gasteiger partial charge in [-0.15, -0.1) is 0 Å². The summed E-state index contributed by atoms with van der Waals surface area (Å²) in [5.41, 5.74) is 0.712. The van der Waals surface area contributed by atoms with Crippen molar-refractivity contribution in [2.45, 2.75) is 33.2 Å². The lowest BCUT2D eigenvalue weighted by atomic mass is 10.2. The van der Waals surface area contributed by atoms with Crippen LogP contribution in [0.2, 0.25) is 0 Å². The smallest absolute Gasteiger partial charge is 0.273 e. The van der Waals surface area contributed by atoms with Gasteiger partial charge < -0.3 is 28.8 Å². The molecule has 9 nitrogen and oxygen atoms in total. The fourth-order valence-electron chi connectivity index (χ4n) is 2.93. The van der Waals surface area contributed by atoms with E-state index in [9.17, 15) is 9.59 Å². The SMILES string of the molecule is CCOCCCNC(=O)c1coc(CN(CCCOCC)C(=O)c2ccc(OC)cc2)n1. The Balaban J connectivity index is 2.00. The lowest BCUT2D eigenvalue weighted by Crippen LogP contribution is -2.32. The predicted molar refractivity (Wildman–Crippen MR) is 119 cm³/mol. The van der Waals surface area contributed by atoms with Crippen LogP contribution in [0.1, 0.15) is 53.4 Å². The monoisotopic (exact) mass is 447 g/mol. The third kappa shape index (κ3) is 8.32. The first kappa shape index (κ1) is 25.4. The van der Waals surface area contributed by atoms with Gasteiger partial charge in [-0.3, -0.25) is 9.59 Å². The molecular weight excluding hydrogens is 414 g/mol. The van der Waals surface area contributed by atoms with Crippen molar-refractivity contribution in [2.75, 3.05) is 46.6 Å². The molecule has 32 heavy (non-hydrogen) atoms. The summed E-state index contributed by atoms with van der Waals surface area (Å²) in [6, 6.07) is 6.91. The minimum absolute atomic E-state index is 0.147. The highest BCUT2D eigenvalue weighted by molar-refractivity contribution is 5.94. The molecule has 2 aromatic rings. The van der Waals surface area contributed by atoms with Crippen LogP contribution in [-0.4, -0.2) is 68.3 Å². The highest BCUT2D eigenvalue weighted by Crippen LogP contribution is 2.15. The summed E-state index contributed by atoms with van der Waals surface area (Å²) in [6.45, 7) is 7.35. The number of hydrogen-bond acceptors (Lipinski definition) is 7. The van der Waals surface area contributed by atoms with E-state index in [1.54, 1.807) is 36.3 Å². The van der Waals surface area contributed by atoms with Gasteiger partial charge in [0.25, 0.3) is 11.8 Å². The molecule has 0 fully saturated rings. The molecule has 2 amide bonds. The van der Waals surface area contributed by atoms with Crippen LogP contribution in [-0.2, 0) is 16.0 Å².